The second-order valence-corrected chi connectivity index (χ2v) is 6.85. The Labute approximate surface area is 144 Å². The van der Waals surface area contributed by atoms with Crippen molar-refractivity contribution in [2.24, 2.45) is 0 Å². The molecule has 4 rings (SSSR count). The minimum absolute atomic E-state index is 0.778. The zero-order chi connectivity index (χ0) is 16.4. The van der Waals surface area contributed by atoms with Gasteiger partial charge in [0.15, 0.2) is 0 Å². The van der Waals surface area contributed by atoms with Crippen molar-refractivity contribution in [2.45, 2.75) is 38.5 Å². The first-order chi connectivity index (χ1) is 11.8. The van der Waals surface area contributed by atoms with E-state index >= 15 is 0 Å². The van der Waals surface area contributed by atoms with E-state index in [4.69, 9.17) is 0 Å². The molecule has 1 saturated carbocycles. The third kappa shape index (κ3) is 2.99. The molecular formula is C23H23N. The van der Waals surface area contributed by atoms with Crippen molar-refractivity contribution in [1.82, 2.24) is 4.98 Å². The highest BCUT2D eigenvalue weighted by Crippen LogP contribution is 2.35. The van der Waals surface area contributed by atoms with Crippen LogP contribution in [0.4, 0.5) is 0 Å². The molecule has 0 saturated heterocycles. The normalized spacial score (nSPS) is 14.9. The molecule has 0 spiro atoms. The van der Waals surface area contributed by atoms with Crippen LogP contribution in [0.1, 0.15) is 42.7 Å². The third-order valence-corrected chi connectivity index (χ3v) is 5.26. The molecule has 2 aromatic carbocycles. The van der Waals surface area contributed by atoms with Gasteiger partial charge in [-0.15, -0.1) is 0 Å². The van der Waals surface area contributed by atoms with Crippen LogP contribution in [-0.2, 0) is 0 Å². The summed E-state index contributed by atoms with van der Waals surface area (Å²) in [4.78, 5) is 4.69. The van der Waals surface area contributed by atoms with Gasteiger partial charge in [0.1, 0.15) is 0 Å². The van der Waals surface area contributed by atoms with Crippen molar-refractivity contribution < 1.29 is 0 Å². The molecular weight excluding hydrogens is 290 g/mol. The molecule has 24 heavy (non-hydrogen) atoms. The fourth-order valence-electron chi connectivity index (χ4n) is 3.79. The highest BCUT2D eigenvalue weighted by atomic mass is 14.7. The predicted octanol–water partition coefficient (Wildman–Crippen LogP) is 6.38. The van der Waals surface area contributed by atoms with Gasteiger partial charge in [-0.3, -0.25) is 4.98 Å². The lowest BCUT2D eigenvalue weighted by Crippen LogP contribution is -1.92. The first-order valence-electron chi connectivity index (χ1n) is 8.94. The molecule has 1 heteroatoms. The van der Waals surface area contributed by atoms with Crippen LogP contribution < -0.4 is 0 Å². The van der Waals surface area contributed by atoms with Gasteiger partial charge in [0.2, 0.25) is 0 Å². The molecule has 1 aliphatic carbocycles. The number of hydrogen-bond acceptors (Lipinski definition) is 1. The molecule has 1 aromatic heterocycles. The van der Waals surface area contributed by atoms with Gasteiger partial charge < -0.3 is 0 Å². The minimum Gasteiger partial charge on any atom is -0.256 e. The first-order valence-corrected chi connectivity index (χ1v) is 8.94. The van der Waals surface area contributed by atoms with E-state index in [-0.39, 0.29) is 0 Å². The second-order valence-electron chi connectivity index (χ2n) is 6.85. The Kier molecular flexibility index (Phi) is 4.17. The fourth-order valence-corrected chi connectivity index (χ4v) is 3.79. The van der Waals surface area contributed by atoms with Crippen LogP contribution in [0.5, 0.6) is 0 Å². The lowest BCUT2D eigenvalue weighted by atomic mass is 9.95. The van der Waals surface area contributed by atoms with Crippen LogP contribution in [0, 0.1) is 6.92 Å². The lowest BCUT2D eigenvalue weighted by molar-refractivity contribution is 0.723. The molecule has 0 amide bonds. The molecule has 0 N–H and O–H groups in total. The van der Waals surface area contributed by atoms with Crippen LogP contribution in [0.3, 0.4) is 0 Å². The third-order valence-electron chi connectivity index (χ3n) is 5.26. The van der Waals surface area contributed by atoms with Crippen molar-refractivity contribution in [2.75, 3.05) is 0 Å². The van der Waals surface area contributed by atoms with Gasteiger partial charge in [-0.1, -0.05) is 67.4 Å². The Morgan fingerprint density at radius 2 is 1.50 bits per heavy atom. The van der Waals surface area contributed by atoms with E-state index < -0.39 is 0 Å². The Morgan fingerprint density at radius 3 is 2.17 bits per heavy atom. The van der Waals surface area contributed by atoms with E-state index in [0.717, 1.165) is 11.6 Å². The summed E-state index contributed by atoms with van der Waals surface area (Å²) in [6, 6.07) is 21.8. The van der Waals surface area contributed by atoms with Gasteiger partial charge in [0.05, 0.1) is 5.69 Å². The average Bonchev–Trinajstić information content (AvgIpc) is 3.17. The standard InChI is InChI=1S/C23H23N/c1-17-6-2-5-9-22(17)23-15-14-21(16-24-23)20-12-10-19(11-13-20)18-7-3-4-8-18/h2,5-6,9-16,18H,3-4,7-8H2,1H3. The van der Waals surface area contributed by atoms with Gasteiger partial charge in [-0.2, -0.15) is 0 Å². The van der Waals surface area contributed by atoms with Gasteiger partial charge >= 0.3 is 0 Å². The number of aryl methyl sites for hydroxylation is 1. The summed E-state index contributed by atoms with van der Waals surface area (Å²) in [7, 11) is 0. The summed E-state index contributed by atoms with van der Waals surface area (Å²) in [5.41, 5.74) is 7.45. The highest BCUT2D eigenvalue weighted by Gasteiger charge is 2.16. The number of hydrogen-bond donors (Lipinski definition) is 0. The molecule has 120 valence electrons. The van der Waals surface area contributed by atoms with Crippen LogP contribution in [0.25, 0.3) is 22.4 Å². The fraction of sp³-hybridized carbons (Fsp3) is 0.261. The van der Waals surface area contributed by atoms with Crippen molar-refractivity contribution in [3.63, 3.8) is 0 Å². The first kappa shape index (κ1) is 15.1. The van der Waals surface area contributed by atoms with Gasteiger partial charge in [-0.25, -0.2) is 0 Å². The van der Waals surface area contributed by atoms with E-state index in [1.54, 1.807) is 0 Å². The maximum atomic E-state index is 4.69. The number of pyridine rings is 1. The lowest BCUT2D eigenvalue weighted by Gasteiger charge is -2.11. The Morgan fingerprint density at radius 1 is 0.792 bits per heavy atom. The molecule has 1 aliphatic rings. The van der Waals surface area contributed by atoms with Crippen LogP contribution >= 0.6 is 0 Å². The Bertz CT molecular complexity index is 809. The van der Waals surface area contributed by atoms with Crippen molar-refractivity contribution in [3.8, 4) is 22.4 Å². The van der Waals surface area contributed by atoms with Crippen LogP contribution in [-0.4, -0.2) is 4.98 Å². The maximum Gasteiger partial charge on any atom is 0.0705 e. The molecule has 0 aliphatic heterocycles. The molecule has 0 unspecified atom stereocenters. The van der Waals surface area contributed by atoms with Crippen molar-refractivity contribution >= 4 is 0 Å². The summed E-state index contributed by atoms with van der Waals surface area (Å²) < 4.78 is 0. The Hall–Kier alpha value is -2.41. The van der Waals surface area contributed by atoms with Crippen molar-refractivity contribution in [3.05, 3.63) is 78.0 Å². The SMILES string of the molecule is Cc1ccccc1-c1ccc(-c2ccc(C3CCCC3)cc2)cn1. The van der Waals surface area contributed by atoms with Crippen molar-refractivity contribution in [1.29, 1.82) is 0 Å². The quantitative estimate of drug-likeness (QED) is 0.546. The number of rotatable bonds is 3. The van der Waals surface area contributed by atoms with E-state index in [2.05, 4.69) is 72.6 Å². The van der Waals surface area contributed by atoms with Gasteiger partial charge in [0, 0.05) is 17.3 Å². The van der Waals surface area contributed by atoms with E-state index in [1.807, 2.05) is 6.20 Å². The monoisotopic (exact) mass is 313 g/mol. The maximum absolute atomic E-state index is 4.69. The zero-order valence-electron chi connectivity index (χ0n) is 14.2. The summed E-state index contributed by atoms with van der Waals surface area (Å²) in [6.45, 7) is 2.13. The molecule has 1 fully saturated rings. The number of nitrogens with zero attached hydrogens (tertiary/aromatic N) is 1. The Balaban J connectivity index is 1.57. The second kappa shape index (κ2) is 6.60. The van der Waals surface area contributed by atoms with E-state index in [9.17, 15) is 0 Å². The van der Waals surface area contributed by atoms with E-state index in [0.29, 0.717) is 0 Å². The molecule has 0 atom stereocenters. The molecule has 3 aromatic rings. The highest BCUT2D eigenvalue weighted by molar-refractivity contribution is 5.68. The van der Waals surface area contributed by atoms with Gasteiger partial charge in [0.25, 0.3) is 0 Å². The molecule has 0 bridgehead atoms. The summed E-state index contributed by atoms with van der Waals surface area (Å²) in [5.74, 6) is 0.778. The summed E-state index contributed by atoms with van der Waals surface area (Å²) in [6.07, 6.45) is 7.47. The van der Waals surface area contributed by atoms with Crippen LogP contribution in [0.2, 0.25) is 0 Å². The number of aromatic nitrogens is 1. The number of benzene rings is 2. The predicted molar refractivity (Wildman–Crippen MR) is 101 cm³/mol. The average molecular weight is 313 g/mol. The largest absolute Gasteiger partial charge is 0.256 e. The molecule has 1 heterocycles. The van der Waals surface area contributed by atoms with Crippen LogP contribution in [0.15, 0.2) is 66.9 Å². The topological polar surface area (TPSA) is 12.9 Å². The zero-order valence-corrected chi connectivity index (χ0v) is 14.2. The molecule has 0 radical (unpaired) electrons. The van der Waals surface area contributed by atoms with E-state index in [1.165, 1.54) is 53.5 Å². The molecule has 1 nitrogen and oxygen atoms in total. The summed E-state index contributed by atoms with van der Waals surface area (Å²) >= 11 is 0. The minimum atomic E-state index is 0.778. The summed E-state index contributed by atoms with van der Waals surface area (Å²) in [5, 5.41) is 0. The smallest absolute Gasteiger partial charge is 0.0705 e. The van der Waals surface area contributed by atoms with Gasteiger partial charge in [-0.05, 0) is 48.4 Å².